The van der Waals surface area contributed by atoms with E-state index >= 15 is 0 Å². The Bertz CT molecular complexity index is 237. The van der Waals surface area contributed by atoms with Gasteiger partial charge >= 0.3 is 0 Å². The Morgan fingerprint density at radius 3 is 2.70 bits per heavy atom. The van der Waals surface area contributed by atoms with Crippen molar-refractivity contribution >= 4 is 19.4 Å². The number of halogens is 2. The molecule has 0 aromatic heterocycles. The van der Waals surface area contributed by atoms with Crippen LogP contribution in [0.5, 0.6) is 0 Å². The third-order valence-electron chi connectivity index (χ3n) is 1.40. The summed E-state index contributed by atoms with van der Waals surface area (Å²) in [6.07, 6.45) is 0.711. The number of hydrogen-bond donors (Lipinski definition) is 0. The second kappa shape index (κ2) is 3.06. The van der Waals surface area contributed by atoms with Crippen molar-refractivity contribution in [2.45, 2.75) is 6.32 Å². The highest BCUT2D eigenvalue weighted by molar-refractivity contribution is 6.30. The van der Waals surface area contributed by atoms with Crippen molar-refractivity contribution in [1.82, 2.24) is 0 Å². The summed E-state index contributed by atoms with van der Waals surface area (Å²) in [4.78, 5) is 0. The van der Waals surface area contributed by atoms with Gasteiger partial charge in [-0.1, -0.05) is 24.0 Å². The topological polar surface area (TPSA) is 0 Å². The van der Waals surface area contributed by atoms with E-state index in [1.165, 1.54) is 6.07 Å². The van der Waals surface area contributed by atoms with E-state index < -0.39 is 0 Å². The Morgan fingerprint density at radius 2 is 2.20 bits per heavy atom. The molecule has 10 heavy (non-hydrogen) atoms. The Kier molecular flexibility index (Phi) is 2.33. The van der Waals surface area contributed by atoms with Crippen LogP contribution in [-0.4, -0.2) is 7.85 Å². The minimum Gasteiger partial charge on any atom is -0.207 e. The van der Waals surface area contributed by atoms with E-state index in [0.717, 1.165) is 0 Å². The molecule has 0 saturated carbocycles. The summed E-state index contributed by atoms with van der Waals surface area (Å²) in [7, 11) is 1.91. The molecule has 0 aliphatic carbocycles. The van der Waals surface area contributed by atoms with Crippen molar-refractivity contribution in [3.8, 4) is 0 Å². The molecule has 1 aromatic rings. The zero-order valence-corrected chi connectivity index (χ0v) is 6.45. The summed E-state index contributed by atoms with van der Waals surface area (Å²) in [6.45, 7) is 0. The molecule has 52 valence electrons. The molecule has 0 saturated heterocycles. The van der Waals surface area contributed by atoms with E-state index in [2.05, 4.69) is 0 Å². The van der Waals surface area contributed by atoms with Crippen LogP contribution < -0.4 is 0 Å². The van der Waals surface area contributed by atoms with Crippen LogP contribution in [0.3, 0.4) is 0 Å². The van der Waals surface area contributed by atoms with Crippen molar-refractivity contribution in [3.05, 3.63) is 34.6 Å². The minimum absolute atomic E-state index is 0.213. The van der Waals surface area contributed by atoms with E-state index in [1.54, 1.807) is 12.1 Å². The minimum atomic E-state index is -0.213. The second-order valence-electron chi connectivity index (χ2n) is 2.09. The molecule has 3 heteroatoms. The third kappa shape index (κ3) is 1.51. The fourth-order valence-corrected chi connectivity index (χ4v) is 0.967. The second-order valence-corrected chi connectivity index (χ2v) is 2.53. The molecule has 0 nitrogen and oxygen atoms in total. The third-order valence-corrected chi connectivity index (χ3v) is 1.63. The highest BCUT2D eigenvalue weighted by atomic mass is 35.5. The molecule has 0 unspecified atom stereocenters. The van der Waals surface area contributed by atoms with Gasteiger partial charge in [-0.2, -0.15) is 0 Å². The zero-order chi connectivity index (χ0) is 7.56. The first-order chi connectivity index (χ1) is 4.74. The van der Waals surface area contributed by atoms with Crippen LogP contribution in [0, 0.1) is 5.82 Å². The van der Waals surface area contributed by atoms with Gasteiger partial charge in [0, 0.05) is 5.02 Å². The lowest BCUT2D eigenvalue weighted by Crippen LogP contribution is -1.88. The monoisotopic (exact) mass is 156 g/mol. The summed E-state index contributed by atoms with van der Waals surface area (Å²) in [5, 5.41) is 0.453. The molecule has 1 rings (SSSR count). The van der Waals surface area contributed by atoms with E-state index in [4.69, 9.17) is 11.6 Å². The molecular formula is C7H7BClF. The van der Waals surface area contributed by atoms with Gasteiger partial charge in [0.15, 0.2) is 0 Å². The van der Waals surface area contributed by atoms with Gasteiger partial charge in [-0.3, -0.25) is 0 Å². The van der Waals surface area contributed by atoms with Gasteiger partial charge < -0.3 is 0 Å². The molecule has 0 amide bonds. The molecule has 1 aromatic carbocycles. The number of hydrogen-bond acceptors (Lipinski definition) is 0. The normalized spacial score (nSPS) is 9.80. The van der Waals surface area contributed by atoms with E-state index in [9.17, 15) is 4.39 Å². The summed E-state index contributed by atoms with van der Waals surface area (Å²) in [5.74, 6) is -0.213. The predicted octanol–water partition coefficient (Wildman–Crippen LogP) is 1.61. The molecule has 0 fully saturated rings. The quantitative estimate of drug-likeness (QED) is 0.542. The maximum atomic E-state index is 12.8. The first-order valence-electron chi connectivity index (χ1n) is 3.18. The maximum absolute atomic E-state index is 12.8. The van der Waals surface area contributed by atoms with Crippen molar-refractivity contribution < 1.29 is 4.39 Å². The number of benzene rings is 1. The largest absolute Gasteiger partial charge is 0.207 e. The molecule has 0 N–H and O–H groups in total. The van der Waals surface area contributed by atoms with Crippen molar-refractivity contribution in [2.75, 3.05) is 0 Å². The average molecular weight is 156 g/mol. The standard InChI is InChI=1S/C7H7BClF/c8-4-5-1-2-6(9)3-7(5)10/h1-3H,4,8H2. The SMILES string of the molecule is BCc1ccc(Cl)cc1F. The Balaban J connectivity index is 3.07. The Labute approximate surface area is 65.4 Å². The van der Waals surface area contributed by atoms with E-state index in [-0.39, 0.29) is 5.82 Å². The van der Waals surface area contributed by atoms with Crippen LogP contribution in [0.15, 0.2) is 18.2 Å². The molecule has 0 aliphatic heterocycles. The van der Waals surface area contributed by atoms with Crippen molar-refractivity contribution in [1.29, 1.82) is 0 Å². The van der Waals surface area contributed by atoms with Gasteiger partial charge in [-0.25, -0.2) is 4.39 Å². The van der Waals surface area contributed by atoms with Gasteiger partial charge in [0.2, 0.25) is 0 Å². The lowest BCUT2D eigenvalue weighted by atomic mass is 9.97. The van der Waals surface area contributed by atoms with E-state index in [1.807, 2.05) is 7.85 Å². The highest BCUT2D eigenvalue weighted by Crippen LogP contribution is 2.13. The molecule has 0 spiro atoms. The molecule has 0 aliphatic rings. The first kappa shape index (κ1) is 7.61. The summed E-state index contributed by atoms with van der Waals surface area (Å²) in [6, 6.07) is 4.74. The van der Waals surface area contributed by atoms with Gasteiger partial charge in [-0.05, 0) is 17.7 Å². The maximum Gasteiger partial charge on any atom is 0.127 e. The van der Waals surface area contributed by atoms with Gasteiger partial charge in [0.05, 0.1) is 0 Å². The van der Waals surface area contributed by atoms with Crippen LogP contribution in [0.1, 0.15) is 5.56 Å². The van der Waals surface area contributed by atoms with Crippen LogP contribution in [-0.2, 0) is 6.32 Å². The average Bonchev–Trinajstić information content (AvgIpc) is 1.88. The fourth-order valence-electron chi connectivity index (χ4n) is 0.808. The number of rotatable bonds is 1. The van der Waals surface area contributed by atoms with Gasteiger partial charge in [-0.15, -0.1) is 0 Å². The van der Waals surface area contributed by atoms with Crippen LogP contribution in [0.25, 0.3) is 0 Å². The van der Waals surface area contributed by atoms with Crippen molar-refractivity contribution in [2.24, 2.45) is 0 Å². The van der Waals surface area contributed by atoms with Crippen LogP contribution in [0.2, 0.25) is 5.02 Å². The predicted molar refractivity (Wildman–Crippen MR) is 43.7 cm³/mol. The fraction of sp³-hybridized carbons (Fsp3) is 0.143. The summed E-state index contributed by atoms with van der Waals surface area (Å²) in [5.41, 5.74) is 0.712. The lowest BCUT2D eigenvalue weighted by Gasteiger charge is -1.97. The molecule has 0 radical (unpaired) electrons. The lowest BCUT2D eigenvalue weighted by molar-refractivity contribution is 0.617. The zero-order valence-electron chi connectivity index (χ0n) is 5.70. The molecule has 0 bridgehead atoms. The molecule has 0 heterocycles. The highest BCUT2D eigenvalue weighted by Gasteiger charge is 1.98. The van der Waals surface area contributed by atoms with Crippen LogP contribution in [0.4, 0.5) is 4.39 Å². The van der Waals surface area contributed by atoms with Gasteiger partial charge in [0.1, 0.15) is 13.7 Å². The Hall–Kier alpha value is -0.495. The molecular weight excluding hydrogens is 149 g/mol. The smallest absolute Gasteiger partial charge is 0.127 e. The molecule has 0 atom stereocenters. The Morgan fingerprint density at radius 1 is 1.50 bits per heavy atom. The van der Waals surface area contributed by atoms with E-state index in [0.29, 0.717) is 16.9 Å². The van der Waals surface area contributed by atoms with Gasteiger partial charge in [0.25, 0.3) is 0 Å². The first-order valence-corrected chi connectivity index (χ1v) is 3.55. The summed E-state index contributed by atoms with van der Waals surface area (Å²) >= 11 is 5.53. The van der Waals surface area contributed by atoms with Crippen LogP contribution >= 0.6 is 11.6 Å². The summed E-state index contributed by atoms with van der Waals surface area (Å²) < 4.78 is 12.8. The van der Waals surface area contributed by atoms with Crippen molar-refractivity contribution in [3.63, 3.8) is 0 Å².